The van der Waals surface area contributed by atoms with Crippen LogP contribution in [0.4, 0.5) is 0 Å². The maximum Gasteiger partial charge on any atom is 0.239 e. The fraction of sp³-hybridized carbons (Fsp3) is 0.938. The molecule has 2 heterocycles. The van der Waals surface area contributed by atoms with Gasteiger partial charge in [-0.25, -0.2) is 0 Å². The molecular weight excluding hydrogens is 236 g/mol. The van der Waals surface area contributed by atoms with E-state index < -0.39 is 0 Å². The Morgan fingerprint density at radius 2 is 1.53 bits per heavy atom. The Balaban J connectivity index is 1.91. The molecule has 0 N–H and O–H groups in total. The van der Waals surface area contributed by atoms with Crippen molar-refractivity contribution in [3.05, 3.63) is 0 Å². The van der Waals surface area contributed by atoms with Gasteiger partial charge in [-0.05, 0) is 43.9 Å². The lowest BCUT2D eigenvalue weighted by Gasteiger charge is -2.40. The van der Waals surface area contributed by atoms with Gasteiger partial charge in [-0.3, -0.25) is 9.69 Å². The summed E-state index contributed by atoms with van der Waals surface area (Å²) in [5, 5.41) is 0. The number of nitrogens with zero attached hydrogens (tertiary/aromatic N) is 2. The van der Waals surface area contributed by atoms with Crippen LogP contribution in [0.1, 0.15) is 47.0 Å². The second-order valence-corrected chi connectivity index (χ2v) is 7.08. The summed E-state index contributed by atoms with van der Waals surface area (Å²) in [6.45, 7) is 13.1. The molecule has 0 aromatic heterocycles. The number of amides is 1. The molecule has 0 aromatic carbocycles. The topological polar surface area (TPSA) is 23.6 Å². The van der Waals surface area contributed by atoms with E-state index in [0.29, 0.717) is 5.91 Å². The summed E-state index contributed by atoms with van der Waals surface area (Å²) in [5.41, 5.74) is 0. The Hall–Kier alpha value is -0.570. The lowest BCUT2D eigenvalue weighted by atomic mass is 9.90. The molecule has 3 nitrogen and oxygen atoms in total. The van der Waals surface area contributed by atoms with Crippen LogP contribution in [0.15, 0.2) is 0 Å². The first-order valence-corrected chi connectivity index (χ1v) is 8.00. The maximum atomic E-state index is 12.6. The van der Waals surface area contributed by atoms with Gasteiger partial charge in [0, 0.05) is 26.2 Å². The molecule has 0 radical (unpaired) electrons. The summed E-state index contributed by atoms with van der Waals surface area (Å²) in [7, 11) is 0. The monoisotopic (exact) mass is 266 g/mol. The van der Waals surface area contributed by atoms with Crippen molar-refractivity contribution in [3.63, 3.8) is 0 Å². The van der Waals surface area contributed by atoms with Crippen LogP contribution < -0.4 is 0 Å². The fourth-order valence-corrected chi connectivity index (χ4v) is 3.68. The van der Waals surface area contributed by atoms with Gasteiger partial charge in [0.1, 0.15) is 0 Å². The number of hydrogen-bond donors (Lipinski definition) is 0. The summed E-state index contributed by atoms with van der Waals surface area (Å²) >= 11 is 0. The van der Waals surface area contributed by atoms with Gasteiger partial charge in [0.05, 0.1) is 6.04 Å². The van der Waals surface area contributed by atoms with E-state index in [9.17, 15) is 4.79 Å². The quantitative estimate of drug-likeness (QED) is 0.767. The summed E-state index contributed by atoms with van der Waals surface area (Å²) < 4.78 is 0. The zero-order chi connectivity index (χ0) is 14.0. The van der Waals surface area contributed by atoms with E-state index in [2.05, 4.69) is 37.5 Å². The highest BCUT2D eigenvalue weighted by molar-refractivity contribution is 5.81. The van der Waals surface area contributed by atoms with Crippen molar-refractivity contribution in [3.8, 4) is 0 Å². The highest BCUT2D eigenvalue weighted by Crippen LogP contribution is 2.24. The van der Waals surface area contributed by atoms with Crippen LogP contribution >= 0.6 is 0 Å². The molecule has 0 aliphatic carbocycles. The van der Waals surface area contributed by atoms with Crippen LogP contribution in [0, 0.1) is 17.8 Å². The standard InChI is InChI=1S/C16H30N2O/c1-12-5-7-17(8-6-12)16(19)15(4)18-10-13(2)9-14(3)11-18/h12-15H,5-11H2,1-4H3/t13-,14+,15-/m0/s1. The number of carbonyl (C=O) groups is 1. The van der Waals surface area contributed by atoms with E-state index in [1.165, 1.54) is 19.3 Å². The van der Waals surface area contributed by atoms with Crippen LogP contribution in [-0.4, -0.2) is 47.9 Å². The van der Waals surface area contributed by atoms with Gasteiger partial charge in [0.25, 0.3) is 0 Å². The molecule has 2 fully saturated rings. The van der Waals surface area contributed by atoms with Crippen molar-refractivity contribution >= 4 is 5.91 Å². The molecule has 3 atom stereocenters. The Bertz CT molecular complexity index is 300. The van der Waals surface area contributed by atoms with Crippen LogP contribution in [0.25, 0.3) is 0 Å². The van der Waals surface area contributed by atoms with E-state index in [4.69, 9.17) is 0 Å². The lowest BCUT2D eigenvalue weighted by molar-refractivity contribution is -0.138. The summed E-state index contributed by atoms with van der Waals surface area (Å²) in [6, 6.07) is 0.0682. The predicted molar refractivity (Wildman–Crippen MR) is 79.0 cm³/mol. The van der Waals surface area contributed by atoms with Crippen molar-refractivity contribution in [2.75, 3.05) is 26.2 Å². The first-order chi connectivity index (χ1) is 8.97. The molecule has 0 unspecified atom stereocenters. The third-order valence-corrected chi connectivity index (χ3v) is 4.90. The highest BCUT2D eigenvalue weighted by atomic mass is 16.2. The minimum atomic E-state index is 0.0682. The second-order valence-electron chi connectivity index (χ2n) is 7.08. The van der Waals surface area contributed by atoms with Crippen molar-refractivity contribution in [2.45, 2.75) is 53.0 Å². The Labute approximate surface area is 118 Å². The minimum Gasteiger partial charge on any atom is -0.341 e. The van der Waals surface area contributed by atoms with E-state index >= 15 is 0 Å². The van der Waals surface area contributed by atoms with Crippen LogP contribution in [0.5, 0.6) is 0 Å². The van der Waals surface area contributed by atoms with Gasteiger partial charge >= 0.3 is 0 Å². The molecule has 1 amide bonds. The average Bonchev–Trinajstić information content (AvgIpc) is 2.37. The molecule has 2 saturated heterocycles. The molecule has 0 saturated carbocycles. The molecule has 0 bridgehead atoms. The minimum absolute atomic E-state index is 0.0682. The molecule has 2 aliphatic heterocycles. The largest absolute Gasteiger partial charge is 0.341 e. The number of carbonyl (C=O) groups excluding carboxylic acids is 1. The van der Waals surface area contributed by atoms with Crippen LogP contribution in [0.2, 0.25) is 0 Å². The summed E-state index contributed by atoms with van der Waals surface area (Å²) in [6.07, 6.45) is 3.65. The predicted octanol–water partition coefficient (Wildman–Crippen LogP) is 2.61. The number of rotatable bonds is 2. The van der Waals surface area contributed by atoms with Gasteiger partial charge in [-0.15, -0.1) is 0 Å². The van der Waals surface area contributed by atoms with Crippen molar-refractivity contribution in [2.24, 2.45) is 17.8 Å². The smallest absolute Gasteiger partial charge is 0.239 e. The van der Waals surface area contributed by atoms with Gasteiger partial charge < -0.3 is 4.90 Å². The number of likely N-dealkylation sites (tertiary alicyclic amines) is 2. The first kappa shape index (κ1) is 14.8. The molecule has 2 aliphatic rings. The Kier molecular flexibility index (Phi) is 4.88. The third-order valence-electron chi connectivity index (χ3n) is 4.90. The van der Waals surface area contributed by atoms with E-state index in [-0.39, 0.29) is 6.04 Å². The molecular formula is C16H30N2O. The van der Waals surface area contributed by atoms with E-state index in [1.54, 1.807) is 0 Å². The van der Waals surface area contributed by atoms with E-state index in [0.717, 1.165) is 43.9 Å². The van der Waals surface area contributed by atoms with Gasteiger partial charge in [0.2, 0.25) is 5.91 Å². The molecule has 2 rings (SSSR count). The molecule has 3 heteroatoms. The van der Waals surface area contributed by atoms with Gasteiger partial charge in [-0.2, -0.15) is 0 Å². The Morgan fingerprint density at radius 1 is 1.00 bits per heavy atom. The molecule has 0 spiro atoms. The Morgan fingerprint density at radius 3 is 2.05 bits per heavy atom. The summed E-state index contributed by atoms with van der Waals surface area (Å²) in [4.78, 5) is 17.1. The third kappa shape index (κ3) is 3.71. The highest BCUT2D eigenvalue weighted by Gasteiger charge is 2.32. The zero-order valence-electron chi connectivity index (χ0n) is 13.1. The molecule has 110 valence electrons. The van der Waals surface area contributed by atoms with Crippen molar-refractivity contribution < 1.29 is 4.79 Å². The van der Waals surface area contributed by atoms with Crippen LogP contribution in [0.3, 0.4) is 0 Å². The van der Waals surface area contributed by atoms with Crippen molar-refractivity contribution in [1.82, 2.24) is 9.80 Å². The SMILES string of the molecule is CC1CCN(C(=O)[C@H](C)N2C[C@H](C)C[C@H](C)C2)CC1. The van der Waals surface area contributed by atoms with E-state index in [1.807, 2.05) is 0 Å². The van der Waals surface area contributed by atoms with Gasteiger partial charge in [-0.1, -0.05) is 20.8 Å². The first-order valence-electron chi connectivity index (χ1n) is 8.00. The fourth-order valence-electron chi connectivity index (χ4n) is 3.68. The normalized spacial score (nSPS) is 32.3. The van der Waals surface area contributed by atoms with Crippen LogP contribution in [-0.2, 0) is 4.79 Å². The van der Waals surface area contributed by atoms with Crippen molar-refractivity contribution in [1.29, 1.82) is 0 Å². The molecule has 0 aromatic rings. The number of piperidine rings is 2. The zero-order valence-corrected chi connectivity index (χ0v) is 13.1. The average molecular weight is 266 g/mol. The molecule has 19 heavy (non-hydrogen) atoms. The maximum absolute atomic E-state index is 12.6. The summed E-state index contributed by atoms with van der Waals surface area (Å²) in [5.74, 6) is 2.59. The van der Waals surface area contributed by atoms with Gasteiger partial charge in [0.15, 0.2) is 0 Å². The lowest BCUT2D eigenvalue weighted by Crippen LogP contribution is -2.53. The second kappa shape index (κ2) is 6.25. The number of hydrogen-bond acceptors (Lipinski definition) is 2.